The van der Waals surface area contributed by atoms with Crippen molar-refractivity contribution < 1.29 is 4.79 Å². The zero-order valence-electron chi connectivity index (χ0n) is 18.3. The first-order valence-electron chi connectivity index (χ1n) is 10.2. The van der Waals surface area contributed by atoms with E-state index in [1.165, 1.54) is 11.8 Å². The normalized spacial score (nSPS) is 11.1. The van der Waals surface area contributed by atoms with Crippen molar-refractivity contribution in [3.63, 3.8) is 0 Å². The highest BCUT2D eigenvalue weighted by Gasteiger charge is 2.17. The summed E-state index contributed by atoms with van der Waals surface area (Å²) in [7, 11) is 0. The lowest BCUT2D eigenvalue weighted by molar-refractivity contribution is -0.113. The van der Waals surface area contributed by atoms with E-state index in [4.69, 9.17) is 28.2 Å². The number of benzene rings is 3. The number of hydrogen-bond donors (Lipinski definition) is 1. The molecule has 1 heterocycles. The SMILES string of the molecule is Cc1ccc(-n2c(SCC(=O)Nc3c(Cl)ccc(C)c3Cl)nc3ccccc3c2=O)c(C)c1. The molecular formula is C25H21Cl2N3O2S. The van der Waals surface area contributed by atoms with Gasteiger partial charge in [-0.2, -0.15) is 0 Å². The molecule has 0 aliphatic rings. The number of rotatable bonds is 5. The summed E-state index contributed by atoms with van der Waals surface area (Å²) in [5.74, 6) is -0.278. The van der Waals surface area contributed by atoms with Crippen LogP contribution >= 0.6 is 35.0 Å². The zero-order chi connectivity index (χ0) is 23.7. The molecule has 1 amide bonds. The summed E-state index contributed by atoms with van der Waals surface area (Å²) in [4.78, 5) is 30.9. The van der Waals surface area contributed by atoms with Gasteiger partial charge in [0.1, 0.15) is 0 Å². The van der Waals surface area contributed by atoms with Crippen LogP contribution < -0.4 is 10.9 Å². The van der Waals surface area contributed by atoms with E-state index < -0.39 is 0 Å². The number of amides is 1. The van der Waals surface area contributed by atoms with Gasteiger partial charge >= 0.3 is 0 Å². The molecule has 8 heteroatoms. The molecule has 4 aromatic rings. The quantitative estimate of drug-likeness (QED) is 0.257. The topological polar surface area (TPSA) is 64.0 Å². The lowest BCUT2D eigenvalue weighted by Crippen LogP contribution is -2.23. The molecule has 0 aliphatic carbocycles. The molecule has 1 N–H and O–H groups in total. The van der Waals surface area contributed by atoms with Crippen molar-refractivity contribution in [3.8, 4) is 5.69 Å². The first-order chi connectivity index (χ1) is 15.8. The summed E-state index contributed by atoms with van der Waals surface area (Å²) in [6.45, 7) is 5.79. The maximum atomic E-state index is 13.4. The van der Waals surface area contributed by atoms with Gasteiger partial charge in [0.15, 0.2) is 5.16 Å². The fourth-order valence-corrected chi connectivity index (χ4v) is 4.83. The summed E-state index contributed by atoms with van der Waals surface area (Å²) in [5, 5.41) is 4.49. The molecule has 168 valence electrons. The Bertz CT molecular complexity index is 1450. The maximum Gasteiger partial charge on any atom is 0.266 e. The molecule has 4 rings (SSSR count). The van der Waals surface area contributed by atoms with Crippen LogP contribution in [-0.2, 0) is 4.79 Å². The van der Waals surface area contributed by atoms with Crippen LogP contribution in [-0.4, -0.2) is 21.2 Å². The Morgan fingerprint density at radius 3 is 2.55 bits per heavy atom. The van der Waals surface area contributed by atoms with Crippen LogP contribution in [0.25, 0.3) is 16.6 Å². The van der Waals surface area contributed by atoms with E-state index in [1.54, 1.807) is 28.8 Å². The van der Waals surface area contributed by atoms with E-state index in [0.29, 0.717) is 31.8 Å². The number of fused-ring (bicyclic) bond motifs is 1. The van der Waals surface area contributed by atoms with Crippen LogP contribution in [0.2, 0.25) is 10.0 Å². The summed E-state index contributed by atoms with van der Waals surface area (Å²) in [6, 6.07) is 16.5. The van der Waals surface area contributed by atoms with Crippen LogP contribution in [0.5, 0.6) is 0 Å². The van der Waals surface area contributed by atoms with Crippen LogP contribution in [0, 0.1) is 20.8 Å². The van der Waals surface area contributed by atoms with Crippen molar-refractivity contribution in [1.82, 2.24) is 9.55 Å². The average molecular weight is 498 g/mol. The second-order valence-electron chi connectivity index (χ2n) is 7.73. The monoisotopic (exact) mass is 497 g/mol. The van der Waals surface area contributed by atoms with Gasteiger partial charge in [0.2, 0.25) is 5.91 Å². The molecule has 0 aliphatic heterocycles. The van der Waals surface area contributed by atoms with E-state index in [0.717, 1.165) is 22.4 Å². The Kier molecular flexibility index (Phi) is 6.79. The Morgan fingerprint density at radius 2 is 1.79 bits per heavy atom. The number of thioether (sulfide) groups is 1. The zero-order valence-corrected chi connectivity index (χ0v) is 20.6. The lowest BCUT2D eigenvalue weighted by Gasteiger charge is -2.16. The van der Waals surface area contributed by atoms with E-state index >= 15 is 0 Å². The van der Waals surface area contributed by atoms with Crippen LogP contribution in [0.1, 0.15) is 16.7 Å². The molecule has 0 radical (unpaired) electrons. The summed E-state index contributed by atoms with van der Waals surface area (Å²) in [5.41, 5.74) is 4.36. The second kappa shape index (κ2) is 9.59. The molecule has 0 bridgehead atoms. The number of nitrogens with one attached hydrogen (secondary N) is 1. The maximum absolute atomic E-state index is 13.4. The number of aryl methyl sites for hydroxylation is 3. The number of nitrogens with zero attached hydrogens (tertiary/aromatic N) is 2. The standard InChI is InChI=1S/C25H21Cl2N3O2S/c1-14-8-11-20(16(3)12-14)30-24(32)17-6-4-5-7-19(17)28-25(30)33-13-21(31)29-23-18(26)10-9-15(2)22(23)27/h4-12H,13H2,1-3H3,(H,29,31). The van der Waals surface area contributed by atoms with E-state index in [2.05, 4.69) is 5.32 Å². The third-order valence-electron chi connectivity index (χ3n) is 5.22. The molecule has 0 fully saturated rings. The summed E-state index contributed by atoms with van der Waals surface area (Å²) in [6.07, 6.45) is 0. The van der Waals surface area contributed by atoms with E-state index in [-0.39, 0.29) is 17.2 Å². The number of carbonyl (C=O) groups is 1. The van der Waals surface area contributed by atoms with Crippen LogP contribution in [0.15, 0.2) is 64.5 Å². The highest BCUT2D eigenvalue weighted by atomic mass is 35.5. The van der Waals surface area contributed by atoms with Gasteiger partial charge in [-0.15, -0.1) is 0 Å². The first kappa shape index (κ1) is 23.4. The number of anilines is 1. The van der Waals surface area contributed by atoms with Crippen molar-refractivity contribution >= 4 is 57.5 Å². The minimum atomic E-state index is -0.302. The van der Waals surface area contributed by atoms with Gasteiger partial charge in [-0.05, 0) is 56.2 Å². The highest BCUT2D eigenvalue weighted by Crippen LogP contribution is 2.33. The molecule has 0 unspecified atom stereocenters. The third-order valence-corrected chi connectivity index (χ3v) is 6.96. The largest absolute Gasteiger partial charge is 0.323 e. The fourth-order valence-electron chi connectivity index (χ4n) is 3.55. The van der Waals surface area contributed by atoms with Gasteiger partial charge in [0, 0.05) is 0 Å². The predicted octanol–water partition coefficient (Wildman–Crippen LogP) is 6.35. The minimum Gasteiger partial charge on any atom is -0.323 e. The number of halogens is 2. The van der Waals surface area contributed by atoms with Crippen molar-refractivity contribution in [1.29, 1.82) is 0 Å². The highest BCUT2D eigenvalue weighted by molar-refractivity contribution is 7.99. The Morgan fingerprint density at radius 1 is 1.03 bits per heavy atom. The van der Waals surface area contributed by atoms with Gasteiger partial charge < -0.3 is 5.32 Å². The predicted molar refractivity (Wildman–Crippen MR) is 137 cm³/mol. The molecule has 0 saturated heterocycles. The van der Waals surface area contributed by atoms with Gasteiger partial charge in [-0.25, -0.2) is 4.98 Å². The number of hydrogen-bond acceptors (Lipinski definition) is 4. The number of aromatic nitrogens is 2. The van der Waals surface area contributed by atoms with Crippen LogP contribution in [0.3, 0.4) is 0 Å². The fraction of sp³-hybridized carbons (Fsp3) is 0.160. The van der Waals surface area contributed by atoms with Gasteiger partial charge in [-0.3, -0.25) is 14.2 Å². The number of carbonyl (C=O) groups excluding carboxylic acids is 1. The molecule has 33 heavy (non-hydrogen) atoms. The Balaban J connectivity index is 1.71. The van der Waals surface area contributed by atoms with Gasteiger partial charge in [0.05, 0.1) is 38.1 Å². The average Bonchev–Trinajstić information content (AvgIpc) is 2.79. The van der Waals surface area contributed by atoms with E-state index in [1.807, 2.05) is 51.1 Å². The van der Waals surface area contributed by atoms with Crippen molar-refractivity contribution in [2.24, 2.45) is 0 Å². The number of para-hydroxylation sites is 1. The van der Waals surface area contributed by atoms with Gasteiger partial charge in [-0.1, -0.05) is 70.9 Å². The van der Waals surface area contributed by atoms with E-state index in [9.17, 15) is 9.59 Å². The van der Waals surface area contributed by atoms with Crippen molar-refractivity contribution in [2.45, 2.75) is 25.9 Å². The Hall–Kier alpha value is -2.80. The summed E-state index contributed by atoms with van der Waals surface area (Å²) >= 11 is 13.7. The molecule has 5 nitrogen and oxygen atoms in total. The van der Waals surface area contributed by atoms with Crippen LogP contribution in [0.4, 0.5) is 5.69 Å². The molecular weight excluding hydrogens is 477 g/mol. The molecule has 0 spiro atoms. The lowest BCUT2D eigenvalue weighted by atomic mass is 10.1. The Labute approximate surface area is 205 Å². The molecule has 0 atom stereocenters. The molecule has 0 saturated carbocycles. The second-order valence-corrected chi connectivity index (χ2v) is 9.46. The minimum absolute atomic E-state index is 0.0241. The molecule has 3 aromatic carbocycles. The first-order valence-corrected chi connectivity index (χ1v) is 12.0. The smallest absolute Gasteiger partial charge is 0.266 e. The van der Waals surface area contributed by atoms with Gasteiger partial charge in [0.25, 0.3) is 5.56 Å². The molecule has 1 aromatic heterocycles. The van der Waals surface area contributed by atoms with Crippen molar-refractivity contribution in [3.05, 3.63) is 91.7 Å². The third kappa shape index (κ3) is 4.78. The summed E-state index contributed by atoms with van der Waals surface area (Å²) < 4.78 is 1.57. The van der Waals surface area contributed by atoms with Crippen molar-refractivity contribution in [2.75, 3.05) is 11.1 Å².